The molecule has 0 aliphatic rings. The molecule has 0 aliphatic heterocycles. The largest absolute Gasteiger partial charge is 0.140 e. The van der Waals surface area contributed by atoms with Crippen LogP contribution in [0.2, 0.25) is 0 Å². The fourth-order valence-electron chi connectivity index (χ4n) is 1.25. The highest BCUT2D eigenvalue weighted by molar-refractivity contribution is 7.19. The van der Waals surface area contributed by atoms with E-state index in [-0.39, 0.29) is 0 Å². The SMILES string of the molecule is ClCCc1cc2ccccc2s1. The standard InChI is InChI=1S/C10H9ClS/c11-6-5-9-7-8-3-1-2-4-10(8)12-9/h1-4,7H,5-6H2. The summed E-state index contributed by atoms with van der Waals surface area (Å²) in [6.45, 7) is 0. The van der Waals surface area contributed by atoms with Gasteiger partial charge in [-0.15, -0.1) is 22.9 Å². The molecule has 0 spiro atoms. The Hall–Kier alpha value is -0.530. The molecule has 2 aromatic rings. The Kier molecular flexibility index (Phi) is 2.33. The number of thiophene rings is 1. The van der Waals surface area contributed by atoms with E-state index in [1.165, 1.54) is 15.0 Å². The number of benzene rings is 1. The second-order valence-electron chi connectivity index (χ2n) is 2.69. The van der Waals surface area contributed by atoms with Gasteiger partial charge in [0.15, 0.2) is 0 Å². The first kappa shape index (κ1) is 8.09. The number of hydrogen-bond acceptors (Lipinski definition) is 1. The van der Waals surface area contributed by atoms with Gasteiger partial charge in [-0.25, -0.2) is 0 Å². The first-order valence-electron chi connectivity index (χ1n) is 3.93. The minimum absolute atomic E-state index is 0.715. The third-order valence-corrected chi connectivity index (χ3v) is 3.18. The average Bonchev–Trinajstić information content (AvgIpc) is 2.47. The molecule has 0 atom stereocenters. The summed E-state index contributed by atoms with van der Waals surface area (Å²) in [5.74, 6) is 0.715. The Morgan fingerprint density at radius 3 is 2.83 bits per heavy atom. The molecule has 0 amide bonds. The lowest BCUT2D eigenvalue weighted by Gasteiger charge is -1.85. The smallest absolute Gasteiger partial charge is 0.0345 e. The highest BCUT2D eigenvalue weighted by Gasteiger charge is 1.98. The van der Waals surface area contributed by atoms with Gasteiger partial charge in [-0.3, -0.25) is 0 Å². The van der Waals surface area contributed by atoms with Crippen LogP contribution in [0, 0.1) is 0 Å². The van der Waals surface area contributed by atoms with Crippen molar-refractivity contribution >= 4 is 33.0 Å². The number of aryl methyl sites for hydroxylation is 1. The van der Waals surface area contributed by atoms with E-state index in [4.69, 9.17) is 11.6 Å². The highest BCUT2D eigenvalue weighted by Crippen LogP contribution is 2.25. The van der Waals surface area contributed by atoms with E-state index in [0.717, 1.165) is 6.42 Å². The molecule has 1 heterocycles. The minimum atomic E-state index is 0.715. The Morgan fingerprint density at radius 1 is 1.25 bits per heavy atom. The highest BCUT2D eigenvalue weighted by atomic mass is 35.5. The molecule has 62 valence electrons. The zero-order valence-corrected chi connectivity index (χ0v) is 8.16. The summed E-state index contributed by atoms with van der Waals surface area (Å²) in [7, 11) is 0. The van der Waals surface area contributed by atoms with Crippen molar-refractivity contribution in [1.82, 2.24) is 0 Å². The lowest BCUT2D eigenvalue weighted by molar-refractivity contribution is 1.20. The van der Waals surface area contributed by atoms with E-state index < -0.39 is 0 Å². The molecule has 0 saturated heterocycles. The van der Waals surface area contributed by atoms with Gasteiger partial charge in [0, 0.05) is 15.5 Å². The first-order chi connectivity index (χ1) is 5.90. The molecule has 2 rings (SSSR count). The van der Waals surface area contributed by atoms with Gasteiger partial charge in [0.05, 0.1) is 0 Å². The van der Waals surface area contributed by atoms with Crippen LogP contribution in [-0.4, -0.2) is 5.88 Å². The van der Waals surface area contributed by atoms with Crippen molar-refractivity contribution in [1.29, 1.82) is 0 Å². The molecule has 2 heteroatoms. The topological polar surface area (TPSA) is 0 Å². The van der Waals surface area contributed by atoms with Gasteiger partial charge < -0.3 is 0 Å². The van der Waals surface area contributed by atoms with E-state index >= 15 is 0 Å². The van der Waals surface area contributed by atoms with Crippen LogP contribution in [0.4, 0.5) is 0 Å². The summed E-state index contributed by atoms with van der Waals surface area (Å²) in [6.07, 6.45) is 0.987. The summed E-state index contributed by atoms with van der Waals surface area (Å²) in [5, 5.41) is 1.34. The third-order valence-electron chi connectivity index (χ3n) is 1.82. The van der Waals surface area contributed by atoms with Crippen LogP contribution in [0.15, 0.2) is 30.3 Å². The maximum atomic E-state index is 5.67. The number of halogens is 1. The van der Waals surface area contributed by atoms with Crippen LogP contribution in [0.25, 0.3) is 10.1 Å². The molecule has 0 bridgehead atoms. The predicted molar refractivity (Wildman–Crippen MR) is 56.2 cm³/mol. The quantitative estimate of drug-likeness (QED) is 0.643. The van der Waals surface area contributed by atoms with E-state index in [9.17, 15) is 0 Å². The molecule has 1 aromatic heterocycles. The van der Waals surface area contributed by atoms with Crippen molar-refractivity contribution in [2.45, 2.75) is 6.42 Å². The van der Waals surface area contributed by atoms with Crippen molar-refractivity contribution in [3.05, 3.63) is 35.2 Å². The van der Waals surface area contributed by atoms with E-state index in [0.29, 0.717) is 5.88 Å². The van der Waals surface area contributed by atoms with Gasteiger partial charge in [-0.05, 0) is 23.9 Å². The molecule has 0 fully saturated rings. The van der Waals surface area contributed by atoms with E-state index in [2.05, 4.69) is 30.3 Å². The maximum Gasteiger partial charge on any atom is 0.0345 e. The zero-order valence-electron chi connectivity index (χ0n) is 6.59. The molecule has 1 aromatic carbocycles. The van der Waals surface area contributed by atoms with Crippen molar-refractivity contribution in [3.63, 3.8) is 0 Å². The summed E-state index contributed by atoms with van der Waals surface area (Å²) in [4.78, 5) is 1.38. The molecule has 0 N–H and O–H groups in total. The molecule has 0 nitrogen and oxygen atoms in total. The first-order valence-corrected chi connectivity index (χ1v) is 5.28. The zero-order chi connectivity index (χ0) is 8.39. The van der Waals surface area contributed by atoms with E-state index in [1.54, 1.807) is 0 Å². The van der Waals surface area contributed by atoms with Crippen LogP contribution >= 0.6 is 22.9 Å². The molecular weight excluding hydrogens is 188 g/mol. The van der Waals surface area contributed by atoms with Crippen molar-refractivity contribution in [2.24, 2.45) is 0 Å². The van der Waals surface area contributed by atoms with Crippen molar-refractivity contribution in [3.8, 4) is 0 Å². The Labute approximate surface area is 80.8 Å². The van der Waals surface area contributed by atoms with Gasteiger partial charge in [-0.1, -0.05) is 18.2 Å². The fraction of sp³-hybridized carbons (Fsp3) is 0.200. The van der Waals surface area contributed by atoms with Gasteiger partial charge in [-0.2, -0.15) is 0 Å². The lowest BCUT2D eigenvalue weighted by Crippen LogP contribution is -1.76. The molecule has 0 unspecified atom stereocenters. The molecule has 0 radical (unpaired) electrons. The van der Waals surface area contributed by atoms with Crippen LogP contribution in [-0.2, 0) is 6.42 Å². The van der Waals surface area contributed by atoms with Crippen LogP contribution in [0.1, 0.15) is 4.88 Å². The van der Waals surface area contributed by atoms with Crippen LogP contribution in [0.3, 0.4) is 0 Å². The Morgan fingerprint density at radius 2 is 2.08 bits per heavy atom. The number of hydrogen-bond donors (Lipinski definition) is 0. The summed E-state index contributed by atoms with van der Waals surface area (Å²) in [6, 6.07) is 10.7. The van der Waals surface area contributed by atoms with Crippen molar-refractivity contribution in [2.75, 3.05) is 5.88 Å². The molecular formula is C10H9ClS. The van der Waals surface area contributed by atoms with Gasteiger partial charge in [0.2, 0.25) is 0 Å². The fourth-order valence-corrected chi connectivity index (χ4v) is 2.63. The van der Waals surface area contributed by atoms with Gasteiger partial charge in [0.25, 0.3) is 0 Å². The number of fused-ring (bicyclic) bond motifs is 1. The van der Waals surface area contributed by atoms with E-state index in [1.807, 2.05) is 11.3 Å². The summed E-state index contributed by atoms with van der Waals surface area (Å²) < 4.78 is 1.36. The molecule has 0 saturated carbocycles. The predicted octanol–water partition coefficient (Wildman–Crippen LogP) is 3.68. The Balaban J connectivity index is 2.47. The lowest BCUT2D eigenvalue weighted by atomic mass is 10.2. The van der Waals surface area contributed by atoms with Gasteiger partial charge >= 0.3 is 0 Å². The normalized spacial score (nSPS) is 10.8. The molecule has 0 aliphatic carbocycles. The Bertz CT molecular complexity index is 345. The third kappa shape index (κ3) is 1.47. The van der Waals surface area contributed by atoms with Gasteiger partial charge in [0.1, 0.15) is 0 Å². The second kappa shape index (κ2) is 3.46. The second-order valence-corrected chi connectivity index (χ2v) is 4.24. The number of rotatable bonds is 2. The molecule has 12 heavy (non-hydrogen) atoms. The maximum absolute atomic E-state index is 5.67. The summed E-state index contributed by atoms with van der Waals surface area (Å²) >= 11 is 7.51. The van der Waals surface area contributed by atoms with Crippen LogP contribution < -0.4 is 0 Å². The van der Waals surface area contributed by atoms with Crippen LogP contribution in [0.5, 0.6) is 0 Å². The average molecular weight is 197 g/mol. The summed E-state index contributed by atoms with van der Waals surface area (Å²) in [5.41, 5.74) is 0. The number of alkyl halides is 1. The minimum Gasteiger partial charge on any atom is -0.140 e. The van der Waals surface area contributed by atoms with Crippen molar-refractivity contribution < 1.29 is 0 Å². The monoisotopic (exact) mass is 196 g/mol.